The van der Waals surface area contributed by atoms with Crippen molar-refractivity contribution in [1.82, 2.24) is 0 Å². The standard InChI is InChI=1S/C11H16OS/c1-7-4-5-10(11(12)6-13)9(3)8(7)2/h4-5,11-13H,6H2,1-3H3. The van der Waals surface area contributed by atoms with Crippen molar-refractivity contribution in [2.75, 3.05) is 5.75 Å². The molecule has 0 saturated carbocycles. The molecular formula is C11H16OS. The van der Waals surface area contributed by atoms with Crippen LogP contribution in [0.25, 0.3) is 0 Å². The van der Waals surface area contributed by atoms with Gasteiger partial charge in [-0.15, -0.1) is 0 Å². The summed E-state index contributed by atoms with van der Waals surface area (Å²) in [6.07, 6.45) is -0.442. The zero-order valence-corrected chi connectivity index (χ0v) is 9.23. The van der Waals surface area contributed by atoms with Crippen molar-refractivity contribution in [3.63, 3.8) is 0 Å². The van der Waals surface area contributed by atoms with Gasteiger partial charge in [0.1, 0.15) is 0 Å². The van der Waals surface area contributed by atoms with Crippen molar-refractivity contribution in [2.45, 2.75) is 26.9 Å². The number of aryl methyl sites for hydroxylation is 1. The first-order valence-electron chi connectivity index (χ1n) is 4.43. The SMILES string of the molecule is Cc1ccc(C(O)CS)c(C)c1C. The van der Waals surface area contributed by atoms with Crippen LogP contribution in [0.15, 0.2) is 12.1 Å². The topological polar surface area (TPSA) is 20.2 Å². The summed E-state index contributed by atoms with van der Waals surface area (Å²) in [6.45, 7) is 6.21. The molecule has 0 heterocycles. The van der Waals surface area contributed by atoms with E-state index in [0.29, 0.717) is 5.75 Å². The van der Waals surface area contributed by atoms with Crippen LogP contribution in [0.2, 0.25) is 0 Å². The largest absolute Gasteiger partial charge is 0.388 e. The molecule has 0 spiro atoms. The van der Waals surface area contributed by atoms with E-state index in [9.17, 15) is 5.11 Å². The van der Waals surface area contributed by atoms with Crippen molar-refractivity contribution >= 4 is 12.6 Å². The predicted molar refractivity (Wildman–Crippen MR) is 59.5 cm³/mol. The zero-order chi connectivity index (χ0) is 10.0. The number of benzene rings is 1. The van der Waals surface area contributed by atoms with Gasteiger partial charge in [-0.3, -0.25) is 0 Å². The molecule has 0 aliphatic carbocycles. The molecule has 0 bridgehead atoms. The van der Waals surface area contributed by atoms with E-state index in [2.05, 4.69) is 26.5 Å². The van der Waals surface area contributed by atoms with Gasteiger partial charge in [0.05, 0.1) is 6.10 Å². The van der Waals surface area contributed by atoms with Gasteiger partial charge in [0.15, 0.2) is 0 Å². The van der Waals surface area contributed by atoms with E-state index in [1.165, 1.54) is 16.7 Å². The monoisotopic (exact) mass is 196 g/mol. The molecule has 2 heteroatoms. The minimum absolute atomic E-state index is 0.442. The molecule has 13 heavy (non-hydrogen) atoms. The zero-order valence-electron chi connectivity index (χ0n) is 8.33. The highest BCUT2D eigenvalue weighted by Crippen LogP contribution is 2.23. The molecule has 0 aliphatic rings. The van der Waals surface area contributed by atoms with Crippen LogP contribution in [0.5, 0.6) is 0 Å². The van der Waals surface area contributed by atoms with Gasteiger partial charge in [0, 0.05) is 5.75 Å². The molecule has 1 N–H and O–H groups in total. The first-order chi connectivity index (χ1) is 6.07. The van der Waals surface area contributed by atoms with Crippen LogP contribution in [0.3, 0.4) is 0 Å². The van der Waals surface area contributed by atoms with Gasteiger partial charge in [-0.05, 0) is 43.0 Å². The third-order valence-corrected chi connectivity index (χ3v) is 2.98. The summed E-state index contributed by atoms with van der Waals surface area (Å²) < 4.78 is 0. The van der Waals surface area contributed by atoms with Crippen LogP contribution < -0.4 is 0 Å². The molecule has 0 fully saturated rings. The Hall–Kier alpha value is -0.470. The van der Waals surface area contributed by atoms with Gasteiger partial charge in [-0.25, -0.2) is 0 Å². The maximum absolute atomic E-state index is 9.65. The quantitative estimate of drug-likeness (QED) is 0.697. The molecule has 1 rings (SSSR count). The highest BCUT2D eigenvalue weighted by molar-refractivity contribution is 7.80. The summed E-state index contributed by atoms with van der Waals surface area (Å²) in [7, 11) is 0. The van der Waals surface area contributed by atoms with Crippen molar-refractivity contribution in [1.29, 1.82) is 0 Å². The maximum atomic E-state index is 9.65. The lowest BCUT2D eigenvalue weighted by Gasteiger charge is -2.14. The van der Waals surface area contributed by atoms with Crippen LogP contribution in [0, 0.1) is 20.8 Å². The van der Waals surface area contributed by atoms with E-state index in [1.54, 1.807) is 0 Å². The van der Waals surface area contributed by atoms with Crippen molar-refractivity contribution in [3.8, 4) is 0 Å². The van der Waals surface area contributed by atoms with Crippen LogP contribution >= 0.6 is 12.6 Å². The molecule has 0 saturated heterocycles. The van der Waals surface area contributed by atoms with Gasteiger partial charge < -0.3 is 5.11 Å². The van der Waals surface area contributed by atoms with Gasteiger partial charge in [0.2, 0.25) is 0 Å². The molecule has 1 atom stereocenters. The van der Waals surface area contributed by atoms with Gasteiger partial charge in [-0.2, -0.15) is 12.6 Å². The summed E-state index contributed by atoms with van der Waals surface area (Å²) in [6, 6.07) is 4.03. The van der Waals surface area contributed by atoms with E-state index in [0.717, 1.165) is 5.56 Å². The lowest BCUT2D eigenvalue weighted by Crippen LogP contribution is -2.03. The summed E-state index contributed by atoms with van der Waals surface area (Å²) in [5.41, 5.74) is 4.71. The fraction of sp³-hybridized carbons (Fsp3) is 0.455. The molecule has 0 aromatic heterocycles. The number of aliphatic hydroxyl groups is 1. The minimum Gasteiger partial charge on any atom is -0.388 e. The fourth-order valence-corrected chi connectivity index (χ4v) is 1.63. The van der Waals surface area contributed by atoms with E-state index < -0.39 is 6.10 Å². The summed E-state index contributed by atoms with van der Waals surface area (Å²) in [5.74, 6) is 0.476. The lowest BCUT2D eigenvalue weighted by molar-refractivity contribution is 0.203. The van der Waals surface area contributed by atoms with Crippen molar-refractivity contribution in [3.05, 3.63) is 34.4 Å². The van der Waals surface area contributed by atoms with Crippen LogP contribution in [0.4, 0.5) is 0 Å². The highest BCUT2D eigenvalue weighted by Gasteiger charge is 2.10. The molecule has 0 radical (unpaired) electrons. The fourth-order valence-electron chi connectivity index (χ4n) is 1.44. The predicted octanol–water partition coefficient (Wildman–Crippen LogP) is 2.58. The number of rotatable bonds is 2. The second kappa shape index (κ2) is 4.16. The van der Waals surface area contributed by atoms with Crippen molar-refractivity contribution < 1.29 is 5.11 Å². The number of thiol groups is 1. The average Bonchev–Trinajstić information content (AvgIpc) is 2.13. The Morgan fingerprint density at radius 3 is 2.38 bits per heavy atom. The summed E-state index contributed by atoms with van der Waals surface area (Å²) >= 11 is 4.08. The number of hydrogen-bond donors (Lipinski definition) is 2. The van der Waals surface area contributed by atoms with Crippen LogP contribution in [-0.2, 0) is 0 Å². The number of hydrogen-bond acceptors (Lipinski definition) is 2. The second-order valence-corrected chi connectivity index (χ2v) is 3.79. The molecule has 1 nitrogen and oxygen atoms in total. The minimum atomic E-state index is -0.442. The maximum Gasteiger partial charge on any atom is 0.0880 e. The van der Waals surface area contributed by atoms with Gasteiger partial charge in [0.25, 0.3) is 0 Å². The first-order valence-corrected chi connectivity index (χ1v) is 5.06. The van der Waals surface area contributed by atoms with E-state index >= 15 is 0 Å². The van der Waals surface area contributed by atoms with Crippen LogP contribution in [0.1, 0.15) is 28.4 Å². The average molecular weight is 196 g/mol. The third kappa shape index (κ3) is 2.06. The Bertz CT molecular complexity index is 307. The second-order valence-electron chi connectivity index (χ2n) is 3.42. The Morgan fingerprint density at radius 1 is 1.23 bits per heavy atom. The van der Waals surface area contributed by atoms with E-state index in [1.807, 2.05) is 19.1 Å². The van der Waals surface area contributed by atoms with Crippen molar-refractivity contribution in [2.24, 2.45) is 0 Å². The molecule has 72 valence electrons. The highest BCUT2D eigenvalue weighted by atomic mass is 32.1. The summed E-state index contributed by atoms with van der Waals surface area (Å²) in [5, 5.41) is 9.65. The smallest absolute Gasteiger partial charge is 0.0880 e. The van der Waals surface area contributed by atoms with Gasteiger partial charge in [-0.1, -0.05) is 12.1 Å². The van der Waals surface area contributed by atoms with E-state index in [-0.39, 0.29) is 0 Å². The Morgan fingerprint density at radius 2 is 1.85 bits per heavy atom. The van der Waals surface area contributed by atoms with E-state index in [4.69, 9.17) is 0 Å². The molecule has 1 aromatic carbocycles. The Kier molecular flexibility index (Phi) is 3.40. The third-order valence-electron chi connectivity index (χ3n) is 2.63. The lowest BCUT2D eigenvalue weighted by atomic mass is 9.96. The molecular weight excluding hydrogens is 180 g/mol. The molecule has 1 unspecified atom stereocenters. The first kappa shape index (κ1) is 10.6. The number of aliphatic hydroxyl groups excluding tert-OH is 1. The summed E-state index contributed by atoms with van der Waals surface area (Å²) in [4.78, 5) is 0. The Labute approximate surface area is 85.2 Å². The van der Waals surface area contributed by atoms with Crippen LogP contribution in [-0.4, -0.2) is 10.9 Å². The normalized spacial score (nSPS) is 13.0. The molecule has 0 amide bonds. The van der Waals surface area contributed by atoms with Gasteiger partial charge >= 0.3 is 0 Å². The molecule has 0 aliphatic heterocycles. The Balaban J connectivity index is 3.18. The molecule has 1 aromatic rings.